The molecule has 0 aliphatic rings. The molecule has 0 radical (unpaired) electrons. The normalized spacial score (nSPS) is 10.6. The van der Waals surface area contributed by atoms with E-state index in [1.807, 2.05) is 36.6 Å². The van der Waals surface area contributed by atoms with E-state index in [4.69, 9.17) is 4.52 Å². The Morgan fingerprint density at radius 2 is 2.00 bits per heavy atom. The number of benzene rings is 1. The summed E-state index contributed by atoms with van der Waals surface area (Å²) in [5.74, 6) is 0.271. The van der Waals surface area contributed by atoms with E-state index >= 15 is 0 Å². The lowest BCUT2D eigenvalue weighted by molar-refractivity contribution is 0.102. The number of thiazole rings is 1. The largest absolute Gasteiger partial charge is 0.361 e. The van der Waals surface area contributed by atoms with Gasteiger partial charge in [0, 0.05) is 16.6 Å². The number of carbonyl (C=O) groups excluding carboxylic acids is 1. The molecule has 3 rings (SSSR count). The van der Waals surface area contributed by atoms with Crippen molar-refractivity contribution in [2.75, 3.05) is 5.32 Å². The quantitative estimate of drug-likeness (QED) is 0.801. The molecule has 0 fully saturated rings. The minimum absolute atomic E-state index is 0.231. The van der Waals surface area contributed by atoms with Crippen molar-refractivity contribution in [3.63, 3.8) is 0 Å². The van der Waals surface area contributed by atoms with E-state index in [1.54, 1.807) is 18.3 Å². The number of rotatable bonds is 3. The van der Waals surface area contributed by atoms with Gasteiger partial charge in [0.05, 0.1) is 16.9 Å². The molecule has 21 heavy (non-hydrogen) atoms. The highest BCUT2D eigenvalue weighted by molar-refractivity contribution is 7.09. The Bertz CT molecular complexity index is 774. The van der Waals surface area contributed by atoms with E-state index in [0.29, 0.717) is 11.3 Å². The molecule has 2 aromatic heterocycles. The van der Waals surface area contributed by atoms with Crippen LogP contribution in [-0.4, -0.2) is 16.0 Å². The molecular weight excluding hydrogens is 286 g/mol. The molecule has 6 heteroatoms. The summed E-state index contributed by atoms with van der Waals surface area (Å²) in [6.07, 6.45) is 1.41. The van der Waals surface area contributed by atoms with Crippen LogP contribution in [0.2, 0.25) is 0 Å². The van der Waals surface area contributed by atoms with Crippen molar-refractivity contribution in [3.05, 3.63) is 52.2 Å². The lowest BCUT2D eigenvalue weighted by Gasteiger charge is -2.04. The van der Waals surface area contributed by atoms with Crippen LogP contribution < -0.4 is 5.32 Å². The summed E-state index contributed by atoms with van der Waals surface area (Å²) in [4.78, 5) is 16.5. The van der Waals surface area contributed by atoms with Crippen LogP contribution in [0, 0.1) is 13.8 Å². The van der Waals surface area contributed by atoms with Crippen molar-refractivity contribution in [2.45, 2.75) is 13.8 Å². The molecule has 1 N–H and O–H groups in total. The second kappa shape index (κ2) is 5.49. The predicted octanol–water partition coefficient (Wildman–Crippen LogP) is 3.67. The zero-order chi connectivity index (χ0) is 14.8. The fourth-order valence-corrected chi connectivity index (χ4v) is 2.56. The minimum atomic E-state index is -0.231. The highest BCUT2D eigenvalue weighted by Crippen LogP contribution is 2.23. The lowest BCUT2D eigenvalue weighted by Crippen LogP contribution is -2.11. The molecule has 0 aliphatic carbocycles. The molecule has 1 aromatic carbocycles. The smallest absolute Gasteiger partial charge is 0.260 e. The molecule has 2 heterocycles. The van der Waals surface area contributed by atoms with Gasteiger partial charge in [-0.15, -0.1) is 11.3 Å². The van der Waals surface area contributed by atoms with E-state index in [1.165, 1.54) is 6.20 Å². The summed E-state index contributed by atoms with van der Waals surface area (Å²) in [5, 5.41) is 9.46. The first-order chi connectivity index (χ1) is 10.1. The molecule has 0 unspecified atom stereocenters. The Morgan fingerprint density at radius 3 is 2.57 bits per heavy atom. The summed E-state index contributed by atoms with van der Waals surface area (Å²) < 4.78 is 4.88. The van der Waals surface area contributed by atoms with Crippen LogP contribution in [0.25, 0.3) is 11.3 Å². The van der Waals surface area contributed by atoms with Crippen molar-refractivity contribution in [2.24, 2.45) is 0 Å². The number of aryl methyl sites for hydroxylation is 2. The van der Waals surface area contributed by atoms with Crippen LogP contribution in [0.5, 0.6) is 0 Å². The van der Waals surface area contributed by atoms with Crippen LogP contribution in [0.1, 0.15) is 21.1 Å². The van der Waals surface area contributed by atoms with Gasteiger partial charge in [-0.1, -0.05) is 17.3 Å². The van der Waals surface area contributed by atoms with Crippen LogP contribution >= 0.6 is 11.3 Å². The maximum absolute atomic E-state index is 12.0. The summed E-state index contributed by atoms with van der Waals surface area (Å²) in [7, 11) is 0. The number of carbonyl (C=O) groups is 1. The van der Waals surface area contributed by atoms with Gasteiger partial charge in [0.1, 0.15) is 11.3 Å². The maximum Gasteiger partial charge on any atom is 0.260 e. The standard InChI is InChI=1S/C15H13N3O2S/c1-9-13(7-16-20-9)15(19)18-12-5-3-11(4-6-12)14-8-21-10(2)17-14/h3-8H,1-2H3,(H,18,19). The molecule has 1 amide bonds. The molecule has 0 aliphatic heterocycles. The topological polar surface area (TPSA) is 68.0 Å². The summed E-state index contributed by atoms with van der Waals surface area (Å²) in [6, 6.07) is 7.57. The Balaban J connectivity index is 1.76. The number of nitrogens with zero attached hydrogens (tertiary/aromatic N) is 2. The number of nitrogens with one attached hydrogen (secondary N) is 1. The molecule has 3 aromatic rings. The Morgan fingerprint density at radius 1 is 1.24 bits per heavy atom. The first-order valence-corrected chi connectivity index (χ1v) is 7.26. The number of aromatic nitrogens is 2. The molecule has 0 saturated heterocycles. The van der Waals surface area contributed by atoms with Gasteiger partial charge >= 0.3 is 0 Å². The molecule has 0 saturated carbocycles. The van der Waals surface area contributed by atoms with Gasteiger partial charge in [0.25, 0.3) is 5.91 Å². The third-order valence-electron chi connectivity index (χ3n) is 3.05. The van der Waals surface area contributed by atoms with Gasteiger partial charge in [-0.3, -0.25) is 4.79 Å². The fourth-order valence-electron chi connectivity index (χ4n) is 1.94. The van der Waals surface area contributed by atoms with Gasteiger partial charge < -0.3 is 9.84 Å². The Hall–Kier alpha value is -2.47. The molecule has 0 bridgehead atoms. The SMILES string of the molecule is Cc1nc(-c2ccc(NC(=O)c3cnoc3C)cc2)cs1. The van der Waals surface area contributed by atoms with Crippen LogP contribution in [-0.2, 0) is 0 Å². The third kappa shape index (κ3) is 2.85. The van der Waals surface area contributed by atoms with Crippen molar-refractivity contribution in [1.82, 2.24) is 10.1 Å². The van der Waals surface area contributed by atoms with E-state index in [9.17, 15) is 4.79 Å². The zero-order valence-electron chi connectivity index (χ0n) is 11.6. The van der Waals surface area contributed by atoms with Crippen molar-refractivity contribution in [3.8, 4) is 11.3 Å². The van der Waals surface area contributed by atoms with Crippen LogP contribution in [0.4, 0.5) is 5.69 Å². The van der Waals surface area contributed by atoms with E-state index < -0.39 is 0 Å². The molecular formula is C15H13N3O2S. The number of anilines is 1. The summed E-state index contributed by atoms with van der Waals surface area (Å²) in [5.41, 5.74) is 3.13. The lowest BCUT2D eigenvalue weighted by atomic mass is 10.1. The highest BCUT2D eigenvalue weighted by atomic mass is 32.1. The van der Waals surface area contributed by atoms with Gasteiger partial charge in [-0.25, -0.2) is 4.98 Å². The Kier molecular flexibility index (Phi) is 3.53. The van der Waals surface area contributed by atoms with Gasteiger partial charge in [0.15, 0.2) is 0 Å². The predicted molar refractivity (Wildman–Crippen MR) is 81.5 cm³/mol. The monoisotopic (exact) mass is 299 g/mol. The zero-order valence-corrected chi connectivity index (χ0v) is 12.4. The number of amides is 1. The first kappa shape index (κ1) is 13.5. The molecule has 0 spiro atoms. The van der Waals surface area contributed by atoms with Gasteiger partial charge in [0.2, 0.25) is 0 Å². The average molecular weight is 299 g/mol. The van der Waals surface area contributed by atoms with Crippen LogP contribution in [0.3, 0.4) is 0 Å². The number of hydrogen-bond donors (Lipinski definition) is 1. The first-order valence-electron chi connectivity index (χ1n) is 6.38. The summed E-state index contributed by atoms with van der Waals surface area (Å²) in [6.45, 7) is 3.68. The number of hydrogen-bond acceptors (Lipinski definition) is 5. The molecule has 0 atom stereocenters. The van der Waals surface area contributed by atoms with Crippen LogP contribution in [0.15, 0.2) is 40.4 Å². The van der Waals surface area contributed by atoms with Crippen molar-refractivity contribution >= 4 is 22.9 Å². The van der Waals surface area contributed by atoms with E-state index in [2.05, 4.69) is 15.5 Å². The molecule has 106 valence electrons. The fraction of sp³-hybridized carbons (Fsp3) is 0.133. The average Bonchev–Trinajstić information content (AvgIpc) is 3.08. The van der Waals surface area contributed by atoms with Gasteiger partial charge in [-0.2, -0.15) is 0 Å². The second-order valence-electron chi connectivity index (χ2n) is 4.58. The van der Waals surface area contributed by atoms with Crippen molar-refractivity contribution < 1.29 is 9.32 Å². The van der Waals surface area contributed by atoms with E-state index in [-0.39, 0.29) is 5.91 Å². The van der Waals surface area contributed by atoms with Gasteiger partial charge in [-0.05, 0) is 26.0 Å². The Labute approximate surface area is 125 Å². The van der Waals surface area contributed by atoms with E-state index in [0.717, 1.165) is 22.0 Å². The highest BCUT2D eigenvalue weighted by Gasteiger charge is 2.13. The second-order valence-corrected chi connectivity index (χ2v) is 5.64. The summed E-state index contributed by atoms with van der Waals surface area (Å²) >= 11 is 1.62. The van der Waals surface area contributed by atoms with Crippen molar-refractivity contribution in [1.29, 1.82) is 0 Å². The maximum atomic E-state index is 12.0. The third-order valence-corrected chi connectivity index (χ3v) is 3.83. The minimum Gasteiger partial charge on any atom is -0.361 e. The molecule has 5 nitrogen and oxygen atoms in total.